The smallest absolute Gasteiger partial charge is 0.297 e. The monoisotopic (exact) mass is 422 g/mol. The van der Waals surface area contributed by atoms with Gasteiger partial charge in [0.25, 0.3) is 20.2 Å². The van der Waals surface area contributed by atoms with E-state index in [-0.39, 0.29) is 16.5 Å². The lowest BCUT2D eigenvalue weighted by molar-refractivity contribution is 0.481. The SMILES string of the molecule is CCN(Nc1ccc2c(S(=O)(=O)O)cccc2c1S(=O)(=O)O)c1ccccc1. The molecule has 0 aliphatic rings. The van der Waals surface area contributed by atoms with Crippen molar-refractivity contribution in [1.82, 2.24) is 0 Å². The van der Waals surface area contributed by atoms with Gasteiger partial charge >= 0.3 is 0 Å². The van der Waals surface area contributed by atoms with E-state index >= 15 is 0 Å². The lowest BCUT2D eigenvalue weighted by Gasteiger charge is -2.26. The predicted molar refractivity (Wildman–Crippen MR) is 107 cm³/mol. The number of para-hydroxylation sites is 1. The Morgan fingerprint density at radius 3 is 2.07 bits per heavy atom. The molecule has 0 saturated carbocycles. The minimum atomic E-state index is -4.72. The highest BCUT2D eigenvalue weighted by atomic mass is 32.2. The average Bonchev–Trinajstić information content (AvgIpc) is 2.64. The summed E-state index contributed by atoms with van der Waals surface area (Å²) >= 11 is 0. The second-order valence-corrected chi connectivity index (χ2v) is 8.68. The summed E-state index contributed by atoms with van der Waals surface area (Å²) in [5.74, 6) is 0. The molecule has 0 spiro atoms. The van der Waals surface area contributed by atoms with Gasteiger partial charge in [-0.05, 0) is 31.2 Å². The van der Waals surface area contributed by atoms with Crippen LogP contribution in [0.2, 0.25) is 0 Å². The van der Waals surface area contributed by atoms with Crippen molar-refractivity contribution in [2.24, 2.45) is 0 Å². The lowest BCUT2D eigenvalue weighted by atomic mass is 10.1. The van der Waals surface area contributed by atoms with E-state index in [0.717, 1.165) is 11.8 Å². The Kier molecular flexibility index (Phi) is 5.31. The van der Waals surface area contributed by atoms with Crippen LogP contribution in [-0.2, 0) is 20.2 Å². The van der Waals surface area contributed by atoms with Gasteiger partial charge in [0.15, 0.2) is 0 Å². The first-order valence-corrected chi connectivity index (χ1v) is 11.1. The Morgan fingerprint density at radius 1 is 0.821 bits per heavy atom. The zero-order chi connectivity index (χ0) is 20.5. The van der Waals surface area contributed by atoms with Crippen molar-refractivity contribution < 1.29 is 25.9 Å². The lowest BCUT2D eigenvalue weighted by Crippen LogP contribution is -2.30. The number of rotatable bonds is 6. The Labute approximate surface area is 162 Å². The molecule has 0 aromatic heterocycles. The fourth-order valence-corrected chi connectivity index (χ4v) is 4.53. The summed E-state index contributed by atoms with van der Waals surface area (Å²) in [5, 5.41) is 1.61. The van der Waals surface area contributed by atoms with E-state index in [0.29, 0.717) is 6.54 Å². The molecule has 0 atom stereocenters. The van der Waals surface area contributed by atoms with Gasteiger partial charge in [-0.2, -0.15) is 16.8 Å². The first kappa shape index (κ1) is 20.1. The van der Waals surface area contributed by atoms with Crippen LogP contribution in [0.3, 0.4) is 0 Å². The number of hydrogen-bond donors (Lipinski definition) is 3. The second-order valence-electron chi connectivity index (χ2n) is 5.94. The summed E-state index contributed by atoms with van der Waals surface area (Å²) in [6, 6.07) is 15.6. The summed E-state index contributed by atoms with van der Waals surface area (Å²) in [4.78, 5) is -0.929. The summed E-state index contributed by atoms with van der Waals surface area (Å²) < 4.78 is 66.7. The molecule has 3 N–H and O–H groups in total. The van der Waals surface area contributed by atoms with Crippen molar-refractivity contribution in [3.63, 3.8) is 0 Å². The van der Waals surface area contributed by atoms with Crippen molar-refractivity contribution in [1.29, 1.82) is 0 Å². The quantitative estimate of drug-likeness (QED) is 0.409. The summed E-state index contributed by atoms with van der Waals surface area (Å²) in [6.45, 7) is 2.32. The van der Waals surface area contributed by atoms with Gasteiger partial charge < -0.3 is 0 Å². The molecule has 3 rings (SSSR count). The molecule has 0 amide bonds. The van der Waals surface area contributed by atoms with Gasteiger partial charge in [-0.1, -0.05) is 36.4 Å². The molecule has 10 heteroatoms. The Balaban J connectivity index is 2.24. The van der Waals surface area contributed by atoms with Crippen molar-refractivity contribution in [3.8, 4) is 0 Å². The molecule has 0 radical (unpaired) electrons. The van der Waals surface area contributed by atoms with Gasteiger partial charge in [0.1, 0.15) is 9.79 Å². The molecule has 0 saturated heterocycles. The molecule has 0 bridgehead atoms. The maximum Gasteiger partial charge on any atom is 0.297 e. The number of anilines is 2. The molecule has 3 aromatic carbocycles. The minimum Gasteiger partial charge on any atom is -0.297 e. The predicted octanol–water partition coefficient (Wildman–Crippen LogP) is 3.19. The number of nitrogens with zero attached hydrogens (tertiary/aromatic N) is 1. The van der Waals surface area contributed by atoms with E-state index in [4.69, 9.17) is 0 Å². The highest BCUT2D eigenvalue weighted by Gasteiger charge is 2.24. The van der Waals surface area contributed by atoms with E-state index in [1.54, 1.807) is 5.01 Å². The molecule has 0 fully saturated rings. The van der Waals surface area contributed by atoms with Crippen LogP contribution in [0.15, 0.2) is 70.5 Å². The van der Waals surface area contributed by atoms with Crippen LogP contribution in [0.1, 0.15) is 6.92 Å². The Hall–Kier alpha value is -2.66. The molecule has 0 aliphatic carbocycles. The molecule has 0 unspecified atom stereocenters. The van der Waals surface area contributed by atoms with Crippen LogP contribution in [0, 0.1) is 0 Å². The second kappa shape index (κ2) is 7.40. The van der Waals surface area contributed by atoms with Crippen molar-refractivity contribution in [3.05, 3.63) is 60.7 Å². The number of hydrogen-bond acceptors (Lipinski definition) is 6. The number of benzene rings is 3. The molecule has 3 aromatic rings. The summed E-state index contributed by atoms with van der Waals surface area (Å²) in [6.07, 6.45) is 0. The third kappa shape index (κ3) is 3.94. The minimum absolute atomic E-state index is 0.0223. The highest BCUT2D eigenvalue weighted by molar-refractivity contribution is 7.86. The Morgan fingerprint density at radius 2 is 1.50 bits per heavy atom. The fourth-order valence-electron chi connectivity index (χ4n) is 2.97. The van der Waals surface area contributed by atoms with Crippen molar-refractivity contribution in [2.45, 2.75) is 16.7 Å². The van der Waals surface area contributed by atoms with Gasteiger partial charge in [-0.25, -0.2) is 0 Å². The van der Waals surface area contributed by atoms with Gasteiger partial charge in [0.2, 0.25) is 0 Å². The van der Waals surface area contributed by atoms with Crippen molar-refractivity contribution in [2.75, 3.05) is 17.0 Å². The number of hydrazine groups is 1. The summed E-state index contributed by atoms with van der Waals surface area (Å²) in [7, 11) is -9.31. The third-order valence-corrected chi connectivity index (χ3v) is 6.01. The zero-order valence-corrected chi connectivity index (χ0v) is 16.4. The Bertz CT molecular complexity index is 1230. The van der Waals surface area contributed by atoms with Crippen LogP contribution in [-0.4, -0.2) is 32.5 Å². The molecular weight excluding hydrogens is 404 g/mol. The van der Waals surface area contributed by atoms with E-state index < -0.39 is 30.0 Å². The third-order valence-electron chi connectivity index (χ3n) is 4.15. The van der Waals surface area contributed by atoms with E-state index in [9.17, 15) is 25.9 Å². The van der Waals surface area contributed by atoms with E-state index in [1.807, 2.05) is 37.3 Å². The van der Waals surface area contributed by atoms with Crippen LogP contribution in [0.5, 0.6) is 0 Å². The molecule has 0 aliphatic heterocycles. The maximum absolute atomic E-state index is 12.1. The first-order chi connectivity index (χ1) is 13.1. The zero-order valence-electron chi connectivity index (χ0n) is 14.8. The molecule has 0 heterocycles. The maximum atomic E-state index is 12.1. The number of nitrogens with one attached hydrogen (secondary N) is 1. The van der Waals surface area contributed by atoms with Gasteiger partial charge in [0, 0.05) is 17.3 Å². The molecule has 28 heavy (non-hydrogen) atoms. The topological polar surface area (TPSA) is 124 Å². The van der Waals surface area contributed by atoms with Crippen LogP contribution < -0.4 is 10.4 Å². The standard InChI is InChI=1S/C18H18N2O6S2/c1-2-20(13-7-4-3-5-8-13)19-16-12-11-14-15(18(16)28(24,25)26)9-6-10-17(14)27(21,22)23/h3-12,19H,2H2,1H3,(H,21,22,23)(H,24,25,26). The average molecular weight is 422 g/mol. The van der Waals surface area contributed by atoms with E-state index in [1.165, 1.54) is 24.3 Å². The largest absolute Gasteiger partial charge is 0.297 e. The van der Waals surface area contributed by atoms with Gasteiger partial charge in [-0.3, -0.25) is 19.5 Å². The van der Waals surface area contributed by atoms with Crippen LogP contribution in [0.4, 0.5) is 11.4 Å². The van der Waals surface area contributed by atoms with Crippen LogP contribution in [0.25, 0.3) is 10.8 Å². The van der Waals surface area contributed by atoms with Crippen molar-refractivity contribution >= 4 is 42.4 Å². The highest BCUT2D eigenvalue weighted by Crippen LogP contribution is 2.34. The van der Waals surface area contributed by atoms with Crippen LogP contribution >= 0.6 is 0 Å². The molecule has 8 nitrogen and oxygen atoms in total. The molecule has 148 valence electrons. The normalized spacial score (nSPS) is 12.1. The summed E-state index contributed by atoms with van der Waals surface area (Å²) in [5.41, 5.74) is 3.78. The van der Waals surface area contributed by atoms with E-state index in [2.05, 4.69) is 5.43 Å². The molecular formula is C18H18N2O6S2. The number of fused-ring (bicyclic) bond motifs is 1. The first-order valence-electron chi connectivity index (χ1n) is 8.23. The van der Waals surface area contributed by atoms with Gasteiger partial charge in [0.05, 0.1) is 11.4 Å². The fraction of sp³-hybridized carbons (Fsp3) is 0.111. The van der Waals surface area contributed by atoms with Gasteiger partial charge in [-0.15, -0.1) is 0 Å².